The van der Waals surface area contributed by atoms with Gasteiger partial charge in [0.2, 0.25) is 0 Å². The molecule has 0 saturated carbocycles. The molecule has 10 rings (SSSR count). The van der Waals surface area contributed by atoms with Crippen LogP contribution in [-0.4, -0.2) is 45.6 Å². The molecule has 2 heterocycles. The Labute approximate surface area is 299 Å². The van der Waals surface area contributed by atoms with E-state index in [1.807, 2.05) is 15.7 Å². The highest BCUT2D eigenvalue weighted by atomic mass is 16.3. The first kappa shape index (κ1) is 29.8. The fourth-order valence-electron chi connectivity index (χ4n) is 8.64. The molecule has 0 aliphatic rings. The average molecular weight is 648 g/mol. The second-order valence-corrected chi connectivity index (χ2v) is 14.0. The lowest BCUT2D eigenvalue weighted by Gasteiger charge is -2.21. The first-order chi connectivity index (χ1) is 24.9. The van der Waals surface area contributed by atoms with Gasteiger partial charge in [0.15, 0.2) is 0 Å². The van der Waals surface area contributed by atoms with Crippen LogP contribution in [0.25, 0.3) is 87.7 Å². The molecular formula is C44H32B4N2O. The van der Waals surface area contributed by atoms with E-state index in [1.54, 1.807) is 0 Å². The average Bonchev–Trinajstić information content (AvgIpc) is 3.67. The molecule has 0 radical (unpaired) electrons. The van der Waals surface area contributed by atoms with Crippen LogP contribution in [0.1, 0.15) is 0 Å². The number of aromatic hydroxyl groups is 1. The third-order valence-corrected chi connectivity index (χ3v) is 11.4. The number of aromatic nitrogens is 2. The Balaban J connectivity index is 1.31. The maximum absolute atomic E-state index is 11.1. The molecule has 1 N–H and O–H groups in total. The predicted molar refractivity (Wildman–Crippen MR) is 230 cm³/mol. The van der Waals surface area contributed by atoms with Crippen LogP contribution >= 0.6 is 0 Å². The van der Waals surface area contributed by atoms with E-state index in [9.17, 15) is 5.11 Å². The normalized spacial score (nSPS) is 11.9. The van der Waals surface area contributed by atoms with E-state index in [-0.39, 0.29) is 0 Å². The number of phenolic OH excluding ortho intramolecular Hbond substituents is 1. The summed E-state index contributed by atoms with van der Waals surface area (Å²) in [5.41, 5.74) is 13.4. The molecule has 51 heavy (non-hydrogen) atoms. The van der Waals surface area contributed by atoms with Gasteiger partial charge in [0, 0.05) is 32.9 Å². The van der Waals surface area contributed by atoms with Crippen LogP contribution in [0.5, 0.6) is 5.75 Å². The number of rotatable bonds is 3. The monoisotopic (exact) mass is 648 g/mol. The molecule has 8 aromatic carbocycles. The highest BCUT2D eigenvalue weighted by Crippen LogP contribution is 2.42. The maximum atomic E-state index is 11.1. The highest BCUT2D eigenvalue weighted by Gasteiger charge is 2.23. The maximum Gasteiger partial charge on any atom is 0.143 e. The minimum Gasteiger partial charge on any atom is -0.509 e. The zero-order valence-electron chi connectivity index (χ0n) is 29.1. The van der Waals surface area contributed by atoms with Crippen LogP contribution in [0, 0.1) is 0 Å². The lowest BCUT2D eigenvalue weighted by molar-refractivity contribution is 0.484. The standard InChI is InChI=1S/C44H32B4N2O/c45-39-41(47)44(51)42(48)40(46)43(39)50-35-21-18-25-9-2-4-12-30(25)38(35)33-22-32-31-13-5-6-15-34(31)49(36(32)23-37(33)50)27-19-16-26(17-20-27)29-14-7-10-24-8-1-3-11-28(24)29/h1-23,51H,45-48H2. The van der Waals surface area contributed by atoms with Crippen molar-refractivity contribution < 1.29 is 5.11 Å². The van der Waals surface area contributed by atoms with Crippen molar-refractivity contribution in [1.82, 2.24) is 9.13 Å². The second-order valence-electron chi connectivity index (χ2n) is 14.0. The van der Waals surface area contributed by atoms with Crippen LogP contribution in [0.4, 0.5) is 0 Å². The van der Waals surface area contributed by atoms with Crippen molar-refractivity contribution >= 4 is 118 Å². The Morgan fingerprint density at radius 3 is 1.76 bits per heavy atom. The van der Waals surface area contributed by atoms with Gasteiger partial charge in [0.05, 0.1) is 22.1 Å². The zero-order chi connectivity index (χ0) is 34.5. The minimum absolute atomic E-state index is 0.384. The third-order valence-electron chi connectivity index (χ3n) is 11.4. The molecule has 3 nitrogen and oxygen atoms in total. The highest BCUT2D eigenvalue weighted by molar-refractivity contribution is 6.60. The number of hydrogen-bond donors (Lipinski definition) is 1. The molecule has 0 saturated heterocycles. The summed E-state index contributed by atoms with van der Waals surface area (Å²) in [4.78, 5) is 0. The summed E-state index contributed by atoms with van der Waals surface area (Å²) >= 11 is 0. The van der Waals surface area contributed by atoms with E-state index >= 15 is 0 Å². The third kappa shape index (κ3) is 4.18. The molecule has 0 aliphatic heterocycles. The van der Waals surface area contributed by atoms with E-state index < -0.39 is 0 Å². The molecule has 10 aromatic rings. The van der Waals surface area contributed by atoms with Crippen LogP contribution in [0.15, 0.2) is 140 Å². The number of benzene rings is 8. The molecule has 0 amide bonds. The van der Waals surface area contributed by atoms with Gasteiger partial charge in [-0.3, -0.25) is 0 Å². The van der Waals surface area contributed by atoms with Gasteiger partial charge in [0.1, 0.15) is 37.1 Å². The van der Waals surface area contributed by atoms with Crippen molar-refractivity contribution in [3.63, 3.8) is 0 Å². The SMILES string of the molecule is Bc1c(B)c(-n2c3cc4c(cc3c3c5ccccc5ccc32)c2ccccc2n4-c2ccc(-c3cccc4ccccc34)cc2)c(B)c(B)c1O. The van der Waals surface area contributed by atoms with Gasteiger partial charge in [-0.25, -0.2) is 0 Å². The van der Waals surface area contributed by atoms with E-state index in [0.29, 0.717) is 5.75 Å². The van der Waals surface area contributed by atoms with Crippen LogP contribution in [-0.2, 0) is 0 Å². The largest absolute Gasteiger partial charge is 0.509 e. The molecule has 0 atom stereocenters. The Hall–Kier alpha value is -6.06. The Morgan fingerprint density at radius 1 is 0.412 bits per heavy atom. The smallest absolute Gasteiger partial charge is 0.143 e. The first-order valence-corrected chi connectivity index (χ1v) is 17.7. The van der Waals surface area contributed by atoms with Crippen LogP contribution < -0.4 is 21.9 Å². The summed E-state index contributed by atoms with van der Waals surface area (Å²) in [6.45, 7) is 0. The molecule has 2 aromatic heterocycles. The van der Waals surface area contributed by atoms with Crippen LogP contribution in [0.2, 0.25) is 0 Å². The quantitative estimate of drug-likeness (QED) is 0.280. The van der Waals surface area contributed by atoms with E-state index in [0.717, 1.165) is 44.3 Å². The molecule has 0 spiro atoms. The Morgan fingerprint density at radius 2 is 1.02 bits per heavy atom. The van der Waals surface area contributed by atoms with Gasteiger partial charge in [0.25, 0.3) is 0 Å². The number of hydrogen-bond acceptors (Lipinski definition) is 1. The molecule has 0 fully saturated rings. The minimum atomic E-state index is 0.384. The van der Waals surface area contributed by atoms with Crippen molar-refractivity contribution in [2.24, 2.45) is 0 Å². The molecule has 0 aliphatic carbocycles. The number of phenols is 1. The fraction of sp³-hybridized carbons (Fsp3) is 0. The number of fused-ring (bicyclic) bond motifs is 9. The van der Waals surface area contributed by atoms with Crippen molar-refractivity contribution in [2.45, 2.75) is 0 Å². The van der Waals surface area contributed by atoms with Crippen LogP contribution in [0.3, 0.4) is 0 Å². The lowest BCUT2D eigenvalue weighted by Crippen LogP contribution is -2.44. The molecule has 7 heteroatoms. The summed E-state index contributed by atoms with van der Waals surface area (Å²) in [5.74, 6) is 0.384. The summed E-state index contributed by atoms with van der Waals surface area (Å²) in [5, 5.41) is 21.0. The molecule has 236 valence electrons. The first-order valence-electron chi connectivity index (χ1n) is 17.7. The molecule has 0 bridgehead atoms. The number of para-hydroxylation sites is 1. The summed E-state index contributed by atoms with van der Waals surface area (Å²) < 4.78 is 4.87. The molecular weight excluding hydrogens is 616 g/mol. The summed E-state index contributed by atoms with van der Waals surface area (Å²) in [6.07, 6.45) is 0. The van der Waals surface area contributed by atoms with E-state index in [1.165, 1.54) is 65.3 Å². The van der Waals surface area contributed by atoms with Crippen molar-refractivity contribution in [3.8, 4) is 28.3 Å². The zero-order valence-corrected chi connectivity index (χ0v) is 29.1. The lowest BCUT2D eigenvalue weighted by atomic mass is 9.68. The second kappa shape index (κ2) is 11.0. The van der Waals surface area contributed by atoms with Crippen molar-refractivity contribution in [2.75, 3.05) is 0 Å². The van der Waals surface area contributed by atoms with Crippen molar-refractivity contribution in [3.05, 3.63) is 140 Å². The van der Waals surface area contributed by atoms with Gasteiger partial charge in [-0.1, -0.05) is 125 Å². The van der Waals surface area contributed by atoms with Gasteiger partial charge in [-0.05, 0) is 69.1 Å². The topological polar surface area (TPSA) is 30.1 Å². The number of nitrogens with zero attached hydrogens (tertiary/aromatic N) is 2. The van der Waals surface area contributed by atoms with E-state index in [2.05, 4.69) is 164 Å². The van der Waals surface area contributed by atoms with Gasteiger partial charge in [-0.2, -0.15) is 0 Å². The summed E-state index contributed by atoms with van der Waals surface area (Å²) in [6, 6.07) is 51.0. The Bertz CT molecular complexity index is 3050. The van der Waals surface area contributed by atoms with Crippen molar-refractivity contribution in [1.29, 1.82) is 0 Å². The Kier molecular flexibility index (Phi) is 6.41. The van der Waals surface area contributed by atoms with E-state index in [4.69, 9.17) is 0 Å². The predicted octanol–water partition coefficient (Wildman–Crippen LogP) is 4.59. The van der Waals surface area contributed by atoms with Gasteiger partial charge < -0.3 is 14.2 Å². The fourth-order valence-corrected chi connectivity index (χ4v) is 8.64. The molecule has 0 unspecified atom stereocenters. The summed E-state index contributed by atoms with van der Waals surface area (Å²) in [7, 11) is 8.34. The van der Waals surface area contributed by atoms with Gasteiger partial charge >= 0.3 is 0 Å². The van der Waals surface area contributed by atoms with Gasteiger partial charge in [-0.15, -0.1) is 0 Å².